The minimum Gasteiger partial charge on any atom is -0.462 e. The number of nitrogens with one attached hydrogen (secondary N) is 2. The molecule has 7 heteroatoms. The van der Waals surface area contributed by atoms with Gasteiger partial charge in [0, 0.05) is 22.9 Å². The van der Waals surface area contributed by atoms with Gasteiger partial charge in [0.2, 0.25) is 0 Å². The molecule has 0 saturated carbocycles. The highest BCUT2D eigenvalue weighted by Crippen LogP contribution is 2.13. The van der Waals surface area contributed by atoms with E-state index in [0.29, 0.717) is 24.4 Å². The molecular formula is C21H20BrN3O3. The Morgan fingerprint density at radius 3 is 2.61 bits per heavy atom. The Balaban J connectivity index is 1.89. The molecule has 0 unspecified atom stereocenters. The number of nitrogens with zero attached hydrogens (tertiary/aromatic N) is 1. The Morgan fingerprint density at radius 1 is 1.21 bits per heavy atom. The molecule has 0 aliphatic rings. The van der Waals surface area contributed by atoms with Crippen molar-refractivity contribution in [3.8, 4) is 6.07 Å². The van der Waals surface area contributed by atoms with Crippen molar-refractivity contribution in [1.82, 2.24) is 5.32 Å². The molecule has 144 valence electrons. The van der Waals surface area contributed by atoms with Gasteiger partial charge in [0.25, 0.3) is 5.91 Å². The maximum Gasteiger partial charge on any atom is 0.338 e. The minimum atomic E-state index is -0.527. The van der Waals surface area contributed by atoms with Gasteiger partial charge in [0.15, 0.2) is 0 Å². The number of esters is 1. The van der Waals surface area contributed by atoms with E-state index in [4.69, 9.17) is 4.74 Å². The SMILES string of the molecule is CCOC(=O)c1ccc(NC(=O)/C(C#N)=C\NCCc2cccc(Br)c2)cc1. The number of benzene rings is 2. The van der Waals surface area contributed by atoms with Crippen LogP contribution in [0.5, 0.6) is 0 Å². The summed E-state index contributed by atoms with van der Waals surface area (Å²) in [4.78, 5) is 23.9. The van der Waals surface area contributed by atoms with E-state index in [0.717, 1.165) is 16.5 Å². The summed E-state index contributed by atoms with van der Waals surface area (Å²) in [6, 6.07) is 16.1. The zero-order valence-electron chi connectivity index (χ0n) is 15.4. The summed E-state index contributed by atoms with van der Waals surface area (Å²) in [5, 5.41) is 14.8. The number of carbonyl (C=O) groups excluding carboxylic acids is 2. The maximum absolute atomic E-state index is 12.2. The van der Waals surface area contributed by atoms with Crippen molar-refractivity contribution in [1.29, 1.82) is 5.26 Å². The van der Waals surface area contributed by atoms with Crippen LogP contribution in [0.1, 0.15) is 22.8 Å². The van der Waals surface area contributed by atoms with Gasteiger partial charge in [-0.1, -0.05) is 28.1 Å². The highest BCUT2D eigenvalue weighted by molar-refractivity contribution is 9.10. The first kappa shape index (κ1) is 21.2. The fourth-order valence-corrected chi connectivity index (χ4v) is 2.78. The molecule has 0 aliphatic heterocycles. The molecule has 0 fully saturated rings. The van der Waals surface area contributed by atoms with Crippen molar-refractivity contribution >= 4 is 33.5 Å². The van der Waals surface area contributed by atoms with Crippen LogP contribution in [0.25, 0.3) is 0 Å². The Labute approximate surface area is 172 Å². The second kappa shape index (κ2) is 10.9. The molecule has 0 bridgehead atoms. The van der Waals surface area contributed by atoms with Crippen molar-refractivity contribution in [2.45, 2.75) is 13.3 Å². The van der Waals surface area contributed by atoms with Gasteiger partial charge in [0.1, 0.15) is 11.6 Å². The zero-order chi connectivity index (χ0) is 20.4. The summed E-state index contributed by atoms with van der Waals surface area (Å²) >= 11 is 3.42. The summed E-state index contributed by atoms with van der Waals surface area (Å²) in [7, 11) is 0. The van der Waals surface area contributed by atoms with E-state index in [1.165, 1.54) is 6.20 Å². The van der Waals surface area contributed by atoms with Crippen molar-refractivity contribution < 1.29 is 14.3 Å². The number of rotatable bonds is 8. The second-order valence-electron chi connectivity index (χ2n) is 5.76. The third-order valence-corrected chi connectivity index (χ3v) is 4.21. The molecule has 1 amide bonds. The lowest BCUT2D eigenvalue weighted by Crippen LogP contribution is -2.18. The standard InChI is InChI=1S/C21H20BrN3O3/c1-2-28-21(27)16-6-8-19(9-7-16)25-20(26)17(13-23)14-24-11-10-15-4-3-5-18(22)12-15/h3-9,12,14,24H,2,10-11H2,1H3,(H,25,26)/b17-14-. The summed E-state index contributed by atoms with van der Waals surface area (Å²) < 4.78 is 5.91. The molecule has 2 aromatic rings. The summed E-state index contributed by atoms with van der Waals surface area (Å²) in [6.45, 7) is 2.61. The van der Waals surface area contributed by atoms with Crippen LogP contribution in [0, 0.1) is 11.3 Å². The number of halogens is 1. The number of amides is 1. The van der Waals surface area contributed by atoms with Crippen molar-refractivity contribution in [3.05, 3.63) is 75.9 Å². The van der Waals surface area contributed by atoms with Crippen molar-refractivity contribution in [2.24, 2.45) is 0 Å². The van der Waals surface area contributed by atoms with Crippen LogP contribution in [0.15, 0.2) is 64.8 Å². The van der Waals surface area contributed by atoms with Gasteiger partial charge >= 0.3 is 5.97 Å². The normalized spacial score (nSPS) is 10.7. The number of ether oxygens (including phenoxy) is 1. The summed E-state index contributed by atoms with van der Waals surface area (Å²) in [5.74, 6) is -0.950. The maximum atomic E-state index is 12.2. The largest absolute Gasteiger partial charge is 0.462 e. The quantitative estimate of drug-likeness (QED) is 0.281. The van der Waals surface area contributed by atoms with Gasteiger partial charge in [-0.2, -0.15) is 5.26 Å². The molecule has 28 heavy (non-hydrogen) atoms. The van der Waals surface area contributed by atoms with E-state index >= 15 is 0 Å². The Morgan fingerprint density at radius 2 is 1.96 bits per heavy atom. The predicted octanol–water partition coefficient (Wildman–Crippen LogP) is 3.80. The topological polar surface area (TPSA) is 91.2 Å². The first-order valence-electron chi connectivity index (χ1n) is 8.70. The van der Waals surface area contributed by atoms with E-state index in [2.05, 4.69) is 26.6 Å². The average Bonchev–Trinajstić information content (AvgIpc) is 2.68. The molecule has 0 heterocycles. The molecule has 6 nitrogen and oxygen atoms in total. The highest BCUT2D eigenvalue weighted by atomic mass is 79.9. The number of nitriles is 1. The molecule has 0 spiro atoms. The van der Waals surface area contributed by atoms with Crippen LogP contribution in [0.2, 0.25) is 0 Å². The van der Waals surface area contributed by atoms with Crippen LogP contribution in [-0.4, -0.2) is 25.0 Å². The molecular weight excluding hydrogens is 422 g/mol. The van der Waals surface area contributed by atoms with E-state index in [-0.39, 0.29) is 5.57 Å². The zero-order valence-corrected chi connectivity index (χ0v) is 17.0. The van der Waals surface area contributed by atoms with E-state index in [1.54, 1.807) is 31.2 Å². The van der Waals surface area contributed by atoms with Gasteiger partial charge in [-0.15, -0.1) is 0 Å². The number of hydrogen-bond donors (Lipinski definition) is 2. The van der Waals surface area contributed by atoms with Crippen molar-refractivity contribution in [2.75, 3.05) is 18.5 Å². The van der Waals surface area contributed by atoms with Crippen LogP contribution in [-0.2, 0) is 16.0 Å². The Kier molecular flexibility index (Phi) is 8.25. The number of anilines is 1. The van der Waals surface area contributed by atoms with Gasteiger partial charge in [0.05, 0.1) is 12.2 Å². The van der Waals surface area contributed by atoms with E-state index in [9.17, 15) is 14.9 Å². The summed E-state index contributed by atoms with van der Waals surface area (Å²) in [6.07, 6.45) is 2.16. The molecule has 0 atom stereocenters. The third kappa shape index (κ3) is 6.56. The predicted molar refractivity (Wildman–Crippen MR) is 111 cm³/mol. The van der Waals surface area contributed by atoms with Gasteiger partial charge in [-0.05, 0) is 55.3 Å². The first-order chi connectivity index (χ1) is 13.5. The summed E-state index contributed by atoms with van der Waals surface area (Å²) in [5.41, 5.74) is 1.97. The van der Waals surface area contributed by atoms with Gasteiger partial charge < -0.3 is 15.4 Å². The average molecular weight is 442 g/mol. The monoisotopic (exact) mass is 441 g/mol. The van der Waals surface area contributed by atoms with Crippen LogP contribution in [0.4, 0.5) is 5.69 Å². The fraction of sp³-hybridized carbons (Fsp3) is 0.190. The van der Waals surface area contributed by atoms with Gasteiger partial charge in [-0.3, -0.25) is 4.79 Å². The second-order valence-corrected chi connectivity index (χ2v) is 6.67. The number of carbonyl (C=O) groups is 2. The lowest BCUT2D eigenvalue weighted by molar-refractivity contribution is -0.112. The highest BCUT2D eigenvalue weighted by Gasteiger charge is 2.10. The number of hydrogen-bond acceptors (Lipinski definition) is 5. The Bertz CT molecular complexity index is 902. The van der Waals surface area contributed by atoms with Gasteiger partial charge in [-0.25, -0.2) is 4.79 Å². The minimum absolute atomic E-state index is 0.0382. The van der Waals surface area contributed by atoms with Crippen LogP contribution >= 0.6 is 15.9 Å². The smallest absolute Gasteiger partial charge is 0.338 e. The van der Waals surface area contributed by atoms with Crippen LogP contribution < -0.4 is 10.6 Å². The van der Waals surface area contributed by atoms with E-state index < -0.39 is 11.9 Å². The lowest BCUT2D eigenvalue weighted by atomic mass is 10.1. The molecule has 2 aromatic carbocycles. The molecule has 2 N–H and O–H groups in total. The Hall–Kier alpha value is -3.11. The molecule has 0 aromatic heterocycles. The molecule has 0 saturated heterocycles. The van der Waals surface area contributed by atoms with Crippen LogP contribution in [0.3, 0.4) is 0 Å². The molecule has 0 radical (unpaired) electrons. The third-order valence-electron chi connectivity index (χ3n) is 3.71. The lowest BCUT2D eigenvalue weighted by Gasteiger charge is -2.07. The van der Waals surface area contributed by atoms with E-state index in [1.807, 2.05) is 30.3 Å². The fourth-order valence-electron chi connectivity index (χ4n) is 2.33. The molecule has 2 rings (SSSR count). The first-order valence-corrected chi connectivity index (χ1v) is 9.49. The van der Waals surface area contributed by atoms with Crippen molar-refractivity contribution in [3.63, 3.8) is 0 Å². The molecule has 0 aliphatic carbocycles.